The molecule has 2 rings (SSSR count). The smallest absolute Gasteiger partial charge is 0.323 e. The molecular weight excluding hydrogens is 293 g/mol. The second kappa shape index (κ2) is 5.94. The van der Waals surface area contributed by atoms with Gasteiger partial charge in [0.05, 0.1) is 12.7 Å². The number of halogens is 2. The highest BCUT2D eigenvalue weighted by Crippen LogP contribution is 2.21. The zero-order valence-corrected chi connectivity index (χ0v) is 11.2. The Kier molecular flexibility index (Phi) is 4.28. The monoisotopic (exact) mass is 301 g/mol. The Balaban J connectivity index is 2.20. The largest absolute Gasteiger partial charge is 0.480 e. The second-order valence-electron chi connectivity index (χ2n) is 3.66. The average Bonchev–Trinajstić information content (AvgIpc) is 2.74. The minimum absolute atomic E-state index is 0.242. The number of nitrogens with zero attached hydrogens (tertiary/aromatic N) is 3. The quantitative estimate of drug-likeness (QED) is 0.918. The molecule has 1 N–H and O–H groups in total. The van der Waals surface area contributed by atoms with Crippen LogP contribution < -0.4 is 4.90 Å². The maximum absolute atomic E-state index is 12.8. The molecule has 100 valence electrons. The number of carboxylic acids is 1. The first kappa shape index (κ1) is 13.7. The number of carboxylic acid groups (broad SMARTS) is 1. The van der Waals surface area contributed by atoms with Crippen LogP contribution in [-0.2, 0) is 11.3 Å². The molecule has 0 saturated heterocycles. The molecule has 0 aliphatic heterocycles. The van der Waals surface area contributed by atoms with E-state index in [0.717, 1.165) is 11.1 Å². The SMILES string of the molecule is O=C(O)CN(Cc1cnc(Cl)s1)c1ccc(F)cn1. The molecule has 0 fully saturated rings. The van der Waals surface area contributed by atoms with Crippen molar-refractivity contribution in [2.75, 3.05) is 11.4 Å². The van der Waals surface area contributed by atoms with Crippen molar-refractivity contribution in [3.8, 4) is 0 Å². The number of rotatable bonds is 5. The first-order valence-electron chi connectivity index (χ1n) is 5.23. The third-order valence-corrected chi connectivity index (χ3v) is 3.33. The summed E-state index contributed by atoms with van der Waals surface area (Å²) in [6.07, 6.45) is 2.62. The molecule has 0 radical (unpaired) electrons. The summed E-state index contributed by atoms with van der Waals surface area (Å²) in [5, 5.41) is 8.90. The van der Waals surface area contributed by atoms with E-state index in [2.05, 4.69) is 9.97 Å². The van der Waals surface area contributed by atoms with Crippen molar-refractivity contribution in [2.45, 2.75) is 6.54 Å². The average molecular weight is 302 g/mol. The molecule has 0 amide bonds. The van der Waals surface area contributed by atoms with E-state index in [1.54, 1.807) is 6.20 Å². The highest BCUT2D eigenvalue weighted by atomic mass is 35.5. The topological polar surface area (TPSA) is 66.3 Å². The fourth-order valence-corrected chi connectivity index (χ4v) is 2.47. The molecule has 0 bridgehead atoms. The predicted molar refractivity (Wildman–Crippen MR) is 70.0 cm³/mol. The number of thiazole rings is 1. The van der Waals surface area contributed by atoms with E-state index in [0.29, 0.717) is 16.8 Å². The number of hydrogen-bond acceptors (Lipinski definition) is 5. The Morgan fingerprint density at radius 2 is 2.21 bits per heavy atom. The lowest BCUT2D eigenvalue weighted by Crippen LogP contribution is -2.29. The fraction of sp³-hybridized carbons (Fsp3) is 0.182. The Morgan fingerprint density at radius 3 is 2.74 bits per heavy atom. The van der Waals surface area contributed by atoms with Crippen LogP contribution in [-0.4, -0.2) is 27.6 Å². The Morgan fingerprint density at radius 1 is 1.42 bits per heavy atom. The third-order valence-electron chi connectivity index (χ3n) is 2.23. The Bertz CT molecular complexity index is 576. The first-order chi connectivity index (χ1) is 9.04. The maximum atomic E-state index is 12.8. The fourth-order valence-electron chi connectivity index (χ4n) is 1.48. The summed E-state index contributed by atoms with van der Waals surface area (Å²) in [5.41, 5.74) is 0. The molecule has 5 nitrogen and oxygen atoms in total. The number of aliphatic carboxylic acids is 1. The maximum Gasteiger partial charge on any atom is 0.323 e. The first-order valence-corrected chi connectivity index (χ1v) is 6.42. The van der Waals surface area contributed by atoms with Gasteiger partial charge in [-0.1, -0.05) is 11.6 Å². The van der Waals surface area contributed by atoms with Crippen LogP contribution in [0.1, 0.15) is 4.88 Å². The normalized spacial score (nSPS) is 10.4. The van der Waals surface area contributed by atoms with Crippen molar-refractivity contribution in [1.82, 2.24) is 9.97 Å². The van der Waals surface area contributed by atoms with Crippen molar-refractivity contribution < 1.29 is 14.3 Å². The van der Waals surface area contributed by atoms with Crippen LogP contribution in [0, 0.1) is 5.82 Å². The van der Waals surface area contributed by atoms with Gasteiger partial charge >= 0.3 is 5.97 Å². The Labute approximate surface area is 117 Å². The molecule has 0 unspecified atom stereocenters. The number of pyridine rings is 1. The van der Waals surface area contributed by atoms with E-state index in [4.69, 9.17) is 16.7 Å². The molecule has 2 heterocycles. The molecule has 2 aromatic rings. The molecule has 19 heavy (non-hydrogen) atoms. The van der Waals surface area contributed by atoms with Gasteiger partial charge in [0, 0.05) is 11.1 Å². The van der Waals surface area contributed by atoms with Gasteiger partial charge in [0.2, 0.25) is 0 Å². The standard InChI is InChI=1S/C11H9ClFN3O2S/c12-11-15-4-8(19-11)5-16(6-10(17)18)9-2-1-7(13)3-14-9/h1-4H,5-6H2,(H,17,18). The highest BCUT2D eigenvalue weighted by Gasteiger charge is 2.14. The van der Waals surface area contributed by atoms with Crippen LogP contribution in [0.3, 0.4) is 0 Å². The van der Waals surface area contributed by atoms with Gasteiger partial charge in [0.25, 0.3) is 0 Å². The van der Waals surface area contributed by atoms with Gasteiger partial charge in [0.15, 0.2) is 4.47 Å². The third kappa shape index (κ3) is 3.87. The van der Waals surface area contributed by atoms with Gasteiger partial charge in [-0.25, -0.2) is 14.4 Å². The molecule has 0 saturated carbocycles. The molecule has 0 aromatic carbocycles. The van der Waals surface area contributed by atoms with Crippen molar-refractivity contribution in [3.63, 3.8) is 0 Å². The van der Waals surface area contributed by atoms with E-state index in [-0.39, 0.29) is 6.54 Å². The van der Waals surface area contributed by atoms with E-state index in [9.17, 15) is 9.18 Å². The summed E-state index contributed by atoms with van der Waals surface area (Å²) in [6, 6.07) is 2.66. The zero-order valence-electron chi connectivity index (χ0n) is 9.58. The van der Waals surface area contributed by atoms with Gasteiger partial charge in [-0.15, -0.1) is 11.3 Å². The summed E-state index contributed by atoms with van der Waals surface area (Å²) in [5.74, 6) is -1.09. The van der Waals surface area contributed by atoms with Crippen LogP contribution in [0.4, 0.5) is 10.2 Å². The van der Waals surface area contributed by atoms with Gasteiger partial charge in [0.1, 0.15) is 18.2 Å². The molecule has 8 heteroatoms. The van der Waals surface area contributed by atoms with Gasteiger partial charge in [-0.2, -0.15) is 0 Å². The summed E-state index contributed by atoms with van der Waals surface area (Å²) in [6.45, 7) is 0.0590. The lowest BCUT2D eigenvalue weighted by molar-refractivity contribution is -0.135. The van der Waals surface area contributed by atoms with Gasteiger partial charge < -0.3 is 10.0 Å². The molecule has 2 aromatic heterocycles. The number of anilines is 1. The van der Waals surface area contributed by atoms with E-state index < -0.39 is 11.8 Å². The molecule has 0 aliphatic carbocycles. The van der Waals surface area contributed by atoms with Crippen molar-refractivity contribution >= 4 is 34.7 Å². The van der Waals surface area contributed by atoms with Crippen LogP contribution in [0.15, 0.2) is 24.5 Å². The van der Waals surface area contributed by atoms with E-state index in [1.165, 1.54) is 28.4 Å². The summed E-state index contributed by atoms with van der Waals surface area (Å²) >= 11 is 6.98. The second-order valence-corrected chi connectivity index (χ2v) is 5.36. The van der Waals surface area contributed by atoms with Gasteiger partial charge in [-0.05, 0) is 12.1 Å². The van der Waals surface area contributed by atoms with Crippen LogP contribution in [0.25, 0.3) is 0 Å². The lowest BCUT2D eigenvalue weighted by atomic mass is 10.3. The minimum Gasteiger partial charge on any atom is -0.480 e. The summed E-state index contributed by atoms with van der Waals surface area (Å²) in [4.78, 5) is 20.9. The van der Waals surface area contributed by atoms with Crippen molar-refractivity contribution in [2.24, 2.45) is 0 Å². The number of carbonyl (C=O) groups is 1. The minimum atomic E-state index is -0.998. The van der Waals surface area contributed by atoms with Crippen molar-refractivity contribution in [3.05, 3.63) is 39.7 Å². The lowest BCUT2D eigenvalue weighted by Gasteiger charge is -2.20. The molecule has 0 aliphatic rings. The highest BCUT2D eigenvalue weighted by molar-refractivity contribution is 7.15. The van der Waals surface area contributed by atoms with E-state index in [1.807, 2.05) is 0 Å². The summed E-state index contributed by atoms with van der Waals surface area (Å²) in [7, 11) is 0. The number of aromatic nitrogens is 2. The van der Waals surface area contributed by atoms with Crippen molar-refractivity contribution in [1.29, 1.82) is 0 Å². The van der Waals surface area contributed by atoms with Gasteiger partial charge in [-0.3, -0.25) is 4.79 Å². The van der Waals surface area contributed by atoms with Crippen LogP contribution >= 0.6 is 22.9 Å². The molecular formula is C11H9ClFN3O2S. The Hall–Kier alpha value is -1.73. The number of hydrogen-bond donors (Lipinski definition) is 1. The predicted octanol–water partition coefficient (Wildman–Crippen LogP) is 2.42. The van der Waals surface area contributed by atoms with E-state index >= 15 is 0 Å². The molecule has 0 atom stereocenters. The van der Waals surface area contributed by atoms with Crippen LogP contribution in [0.5, 0.6) is 0 Å². The molecule has 0 spiro atoms. The summed E-state index contributed by atoms with van der Waals surface area (Å²) < 4.78 is 13.2. The zero-order chi connectivity index (χ0) is 13.8. The van der Waals surface area contributed by atoms with Crippen LogP contribution in [0.2, 0.25) is 4.47 Å².